The smallest absolute Gasteiger partial charge is 0.316 e. The molecular weight excluding hydrogens is 464 g/mol. The minimum Gasteiger partial charge on any atom is -0.463 e. The molecule has 0 N–H and O–H groups in total. The van der Waals surface area contributed by atoms with Crippen molar-refractivity contribution in [1.29, 1.82) is 0 Å². The molecule has 0 bridgehead atoms. The molecule has 9 heteroatoms. The maximum atomic E-state index is 12.4. The molecule has 0 saturated carbocycles. The first kappa shape index (κ1) is 22.5. The van der Waals surface area contributed by atoms with Crippen LogP contribution in [0.15, 0.2) is 90.1 Å². The molecule has 35 heavy (non-hydrogen) atoms. The maximum Gasteiger partial charge on any atom is 0.316 e. The highest BCUT2D eigenvalue weighted by molar-refractivity contribution is 7.99. The number of esters is 1. The van der Waals surface area contributed by atoms with Gasteiger partial charge in [-0.15, -0.1) is 10.2 Å². The fraction of sp³-hybridized carbons (Fsp3) is 0.115. The molecule has 3 aromatic carbocycles. The summed E-state index contributed by atoms with van der Waals surface area (Å²) in [5, 5.41) is 9.20. The van der Waals surface area contributed by atoms with Crippen molar-refractivity contribution < 1.29 is 19.1 Å². The highest BCUT2D eigenvalue weighted by atomic mass is 32.2. The zero-order valence-corrected chi connectivity index (χ0v) is 19.4. The van der Waals surface area contributed by atoms with Gasteiger partial charge in [0.15, 0.2) is 11.0 Å². The molecule has 174 valence electrons. The number of thioether (sulfide) groups is 1. The topological polar surface area (TPSA) is 94.4 Å². The van der Waals surface area contributed by atoms with Crippen molar-refractivity contribution in [2.24, 2.45) is 0 Å². The van der Waals surface area contributed by atoms with Crippen LogP contribution in [0.3, 0.4) is 0 Å². The molecule has 1 aliphatic rings. The molecular formula is C26H20N4O4S. The fourth-order valence-corrected chi connectivity index (χ4v) is 4.56. The van der Waals surface area contributed by atoms with E-state index in [1.54, 1.807) is 24.3 Å². The number of nitrogens with zero attached hydrogens (tertiary/aromatic N) is 4. The summed E-state index contributed by atoms with van der Waals surface area (Å²) in [4.78, 5) is 38.4. The normalized spacial score (nSPS) is 12.6. The Bertz CT molecular complexity index is 1350. The lowest BCUT2D eigenvalue weighted by atomic mass is 10.1. The summed E-state index contributed by atoms with van der Waals surface area (Å²) in [6.07, 6.45) is 0. The number of aromatic nitrogens is 3. The van der Waals surface area contributed by atoms with E-state index in [-0.39, 0.29) is 30.7 Å². The number of imide groups is 1. The number of para-hydroxylation sites is 1. The van der Waals surface area contributed by atoms with Crippen LogP contribution >= 0.6 is 11.8 Å². The maximum absolute atomic E-state index is 12.4. The van der Waals surface area contributed by atoms with Crippen LogP contribution in [-0.4, -0.2) is 56.4 Å². The SMILES string of the molecule is O=C(CSc1nnc(-c2ccccc2)n1-c1ccccc1)OCCN1C(=O)c2ccccc2C1=O. The Hall–Kier alpha value is -4.24. The van der Waals surface area contributed by atoms with Crippen LogP contribution < -0.4 is 0 Å². The van der Waals surface area contributed by atoms with Crippen LogP contribution in [0, 0.1) is 0 Å². The van der Waals surface area contributed by atoms with Crippen molar-refractivity contribution in [3.63, 3.8) is 0 Å². The summed E-state index contributed by atoms with van der Waals surface area (Å²) in [5.74, 6) is -0.559. The first-order valence-electron chi connectivity index (χ1n) is 10.9. The van der Waals surface area contributed by atoms with Gasteiger partial charge in [0.25, 0.3) is 11.8 Å². The number of hydrogen-bond acceptors (Lipinski definition) is 7. The number of hydrogen-bond donors (Lipinski definition) is 0. The van der Waals surface area contributed by atoms with Crippen LogP contribution in [0.4, 0.5) is 0 Å². The van der Waals surface area contributed by atoms with Gasteiger partial charge in [-0.05, 0) is 24.3 Å². The third kappa shape index (κ3) is 4.58. The lowest BCUT2D eigenvalue weighted by Gasteiger charge is -2.14. The average Bonchev–Trinajstić information content (AvgIpc) is 3.43. The lowest BCUT2D eigenvalue weighted by molar-refractivity contribution is -0.140. The number of rotatable bonds is 8. The van der Waals surface area contributed by atoms with E-state index in [0.29, 0.717) is 22.1 Å². The molecule has 0 radical (unpaired) electrons. The molecule has 0 aliphatic carbocycles. The Morgan fingerprint density at radius 3 is 2.06 bits per heavy atom. The van der Waals surface area contributed by atoms with Gasteiger partial charge in [-0.1, -0.05) is 72.4 Å². The Balaban J connectivity index is 1.22. The summed E-state index contributed by atoms with van der Waals surface area (Å²) in [7, 11) is 0. The second-order valence-corrected chi connectivity index (χ2v) is 8.60. The van der Waals surface area contributed by atoms with Gasteiger partial charge in [0, 0.05) is 11.3 Å². The Morgan fingerprint density at radius 1 is 0.800 bits per heavy atom. The zero-order valence-electron chi connectivity index (χ0n) is 18.5. The number of amides is 2. The van der Waals surface area contributed by atoms with Crippen LogP contribution in [0.25, 0.3) is 17.1 Å². The lowest BCUT2D eigenvalue weighted by Crippen LogP contribution is -2.33. The van der Waals surface area contributed by atoms with E-state index < -0.39 is 5.97 Å². The van der Waals surface area contributed by atoms with E-state index >= 15 is 0 Å². The first-order chi connectivity index (χ1) is 17.1. The largest absolute Gasteiger partial charge is 0.463 e. The van der Waals surface area contributed by atoms with Gasteiger partial charge < -0.3 is 4.74 Å². The van der Waals surface area contributed by atoms with E-state index in [2.05, 4.69) is 10.2 Å². The minimum absolute atomic E-state index is 0.00110. The minimum atomic E-state index is -0.476. The van der Waals surface area contributed by atoms with Gasteiger partial charge in [-0.25, -0.2) is 0 Å². The molecule has 2 heterocycles. The third-order valence-electron chi connectivity index (χ3n) is 5.45. The Kier molecular flexibility index (Phi) is 6.40. The van der Waals surface area contributed by atoms with Crippen LogP contribution in [0.2, 0.25) is 0 Å². The third-order valence-corrected chi connectivity index (χ3v) is 6.36. The van der Waals surface area contributed by atoms with Gasteiger partial charge in [-0.2, -0.15) is 0 Å². The summed E-state index contributed by atoms with van der Waals surface area (Å²) < 4.78 is 7.19. The van der Waals surface area contributed by atoms with Gasteiger partial charge >= 0.3 is 5.97 Å². The number of fused-ring (bicyclic) bond motifs is 1. The van der Waals surface area contributed by atoms with Crippen molar-refractivity contribution in [2.45, 2.75) is 5.16 Å². The standard InChI is InChI=1S/C26H20N4O4S/c31-22(34-16-15-29-24(32)20-13-7-8-14-21(20)25(29)33)17-35-26-28-27-23(18-9-3-1-4-10-18)30(26)19-11-5-2-6-12-19/h1-14H,15-17H2. The zero-order chi connectivity index (χ0) is 24.2. The predicted molar refractivity (Wildman–Crippen MR) is 130 cm³/mol. The van der Waals surface area contributed by atoms with Crippen LogP contribution in [0.5, 0.6) is 0 Å². The van der Waals surface area contributed by atoms with E-state index in [0.717, 1.165) is 16.2 Å². The summed E-state index contributed by atoms with van der Waals surface area (Å²) >= 11 is 1.21. The molecule has 1 aliphatic heterocycles. The molecule has 0 saturated heterocycles. The van der Waals surface area contributed by atoms with Crippen LogP contribution in [0.1, 0.15) is 20.7 Å². The predicted octanol–water partition coefficient (Wildman–Crippen LogP) is 3.87. The molecule has 2 amide bonds. The van der Waals surface area contributed by atoms with E-state index in [1.807, 2.05) is 65.2 Å². The molecule has 8 nitrogen and oxygen atoms in total. The van der Waals surface area contributed by atoms with Crippen molar-refractivity contribution in [2.75, 3.05) is 18.9 Å². The first-order valence-corrected chi connectivity index (χ1v) is 11.9. The number of carbonyl (C=O) groups excluding carboxylic acids is 3. The van der Waals surface area contributed by atoms with Gasteiger partial charge in [0.2, 0.25) is 0 Å². The van der Waals surface area contributed by atoms with Gasteiger partial charge in [-0.3, -0.25) is 23.9 Å². The average molecular weight is 485 g/mol. The monoisotopic (exact) mass is 484 g/mol. The van der Waals surface area contributed by atoms with E-state index in [9.17, 15) is 14.4 Å². The Labute approximate surface area is 205 Å². The van der Waals surface area contributed by atoms with Crippen molar-refractivity contribution in [1.82, 2.24) is 19.7 Å². The second-order valence-electron chi connectivity index (χ2n) is 7.66. The molecule has 0 atom stereocenters. The van der Waals surface area contributed by atoms with Crippen molar-refractivity contribution in [3.05, 3.63) is 96.1 Å². The summed E-state index contributed by atoms with van der Waals surface area (Å²) in [5.41, 5.74) is 2.51. The summed E-state index contributed by atoms with van der Waals surface area (Å²) in [6, 6.07) is 26.0. The van der Waals surface area contributed by atoms with Crippen molar-refractivity contribution in [3.8, 4) is 17.1 Å². The summed E-state index contributed by atoms with van der Waals surface area (Å²) in [6.45, 7) is -0.0768. The molecule has 0 spiro atoms. The van der Waals surface area contributed by atoms with Crippen molar-refractivity contribution >= 4 is 29.5 Å². The van der Waals surface area contributed by atoms with E-state index in [1.165, 1.54) is 11.8 Å². The number of carbonyl (C=O) groups is 3. The molecule has 0 unspecified atom stereocenters. The molecule has 4 aromatic rings. The Morgan fingerprint density at radius 2 is 1.40 bits per heavy atom. The second kappa shape index (κ2) is 9.94. The number of benzene rings is 3. The highest BCUT2D eigenvalue weighted by Crippen LogP contribution is 2.28. The molecule has 5 rings (SSSR count). The highest BCUT2D eigenvalue weighted by Gasteiger charge is 2.34. The van der Waals surface area contributed by atoms with Gasteiger partial charge in [0.05, 0.1) is 23.4 Å². The van der Waals surface area contributed by atoms with Crippen LogP contribution in [-0.2, 0) is 9.53 Å². The molecule has 0 fully saturated rings. The quantitative estimate of drug-likeness (QED) is 0.213. The number of ether oxygens (including phenoxy) is 1. The fourth-order valence-electron chi connectivity index (χ4n) is 3.81. The molecule has 1 aromatic heterocycles. The van der Waals surface area contributed by atoms with E-state index in [4.69, 9.17) is 4.74 Å². The van der Waals surface area contributed by atoms with Gasteiger partial charge in [0.1, 0.15) is 6.61 Å².